The molecule has 2 rings (SSSR count). The molecule has 0 saturated carbocycles. The van der Waals surface area contributed by atoms with Crippen molar-refractivity contribution >= 4 is 0 Å². The summed E-state index contributed by atoms with van der Waals surface area (Å²) in [6.45, 7) is 0.523. The van der Waals surface area contributed by atoms with Crippen molar-refractivity contribution in [1.82, 2.24) is 15.0 Å². The van der Waals surface area contributed by atoms with Crippen molar-refractivity contribution in [2.24, 2.45) is 0 Å². The molecule has 4 nitrogen and oxygen atoms in total. The first-order valence-electron chi connectivity index (χ1n) is 4.01. The van der Waals surface area contributed by atoms with Gasteiger partial charge in [-0.25, -0.2) is 8.78 Å². The lowest BCUT2D eigenvalue weighted by atomic mass is 10.3. The molecule has 2 heterocycles. The second-order valence-corrected chi connectivity index (χ2v) is 3.16. The van der Waals surface area contributed by atoms with E-state index in [9.17, 15) is 8.78 Å². The molecule has 0 bridgehead atoms. The molecule has 0 atom stereocenters. The Morgan fingerprint density at radius 3 is 3.00 bits per heavy atom. The van der Waals surface area contributed by atoms with Crippen LogP contribution in [0, 0.1) is 0 Å². The third kappa shape index (κ3) is 2.00. The number of hydrogen-bond donors (Lipinski definition) is 0. The van der Waals surface area contributed by atoms with E-state index in [-0.39, 0.29) is 13.0 Å². The maximum Gasteiger partial charge on any atom is 0.261 e. The average Bonchev–Trinajstić information content (AvgIpc) is 2.61. The van der Waals surface area contributed by atoms with Gasteiger partial charge in [-0.05, 0) is 0 Å². The molecule has 0 spiro atoms. The first kappa shape index (κ1) is 8.55. The molecule has 0 radical (unpaired) electrons. The Kier molecular flexibility index (Phi) is 1.99. The van der Waals surface area contributed by atoms with Crippen LogP contribution in [-0.2, 0) is 6.54 Å². The van der Waals surface area contributed by atoms with Gasteiger partial charge in [0.1, 0.15) is 0 Å². The van der Waals surface area contributed by atoms with Gasteiger partial charge in [-0.15, -0.1) is 0 Å². The highest BCUT2D eigenvalue weighted by atomic mass is 19.3. The molecule has 0 unspecified atom stereocenters. The van der Waals surface area contributed by atoms with E-state index >= 15 is 0 Å². The zero-order valence-electron chi connectivity index (χ0n) is 6.91. The van der Waals surface area contributed by atoms with E-state index in [1.165, 1.54) is 6.39 Å². The van der Waals surface area contributed by atoms with Gasteiger partial charge in [0.15, 0.2) is 5.82 Å². The minimum Gasteiger partial charge on any atom is -0.343 e. The van der Waals surface area contributed by atoms with E-state index in [1.54, 1.807) is 4.90 Å². The maximum absolute atomic E-state index is 12.7. The highest BCUT2D eigenvalue weighted by Gasteiger charge is 2.38. The van der Waals surface area contributed by atoms with Crippen LogP contribution in [0.4, 0.5) is 8.78 Å². The average molecular weight is 189 g/mol. The minimum absolute atomic E-state index is 0.0785. The number of likely N-dealkylation sites (tertiary alicyclic amines) is 1. The van der Waals surface area contributed by atoms with E-state index in [0.29, 0.717) is 18.9 Å². The third-order valence-electron chi connectivity index (χ3n) is 2.02. The Balaban J connectivity index is 1.91. The van der Waals surface area contributed by atoms with Crippen LogP contribution in [0.5, 0.6) is 0 Å². The second kappa shape index (κ2) is 3.02. The van der Waals surface area contributed by atoms with Crippen LogP contribution in [-0.4, -0.2) is 34.1 Å². The lowest BCUT2D eigenvalue weighted by molar-refractivity contribution is 0.0112. The van der Waals surface area contributed by atoms with Crippen molar-refractivity contribution < 1.29 is 13.3 Å². The van der Waals surface area contributed by atoms with E-state index in [0.717, 1.165) is 0 Å². The lowest BCUT2D eigenvalue weighted by Gasteiger charge is -2.12. The summed E-state index contributed by atoms with van der Waals surface area (Å²) in [6.07, 6.45) is 1.12. The molecule has 1 saturated heterocycles. The van der Waals surface area contributed by atoms with Gasteiger partial charge in [-0.1, -0.05) is 5.16 Å². The quantitative estimate of drug-likeness (QED) is 0.693. The predicted octanol–water partition coefficient (Wildman–Crippen LogP) is 0.911. The predicted molar refractivity (Wildman–Crippen MR) is 39.1 cm³/mol. The van der Waals surface area contributed by atoms with Gasteiger partial charge >= 0.3 is 0 Å². The Morgan fingerprint density at radius 1 is 1.62 bits per heavy atom. The molecule has 1 aliphatic heterocycles. The van der Waals surface area contributed by atoms with E-state index < -0.39 is 5.92 Å². The Morgan fingerprint density at radius 2 is 2.46 bits per heavy atom. The topological polar surface area (TPSA) is 42.2 Å². The fraction of sp³-hybridized carbons (Fsp3) is 0.714. The largest absolute Gasteiger partial charge is 0.343 e. The van der Waals surface area contributed by atoms with Crippen molar-refractivity contribution in [1.29, 1.82) is 0 Å². The van der Waals surface area contributed by atoms with Gasteiger partial charge in [0.2, 0.25) is 6.39 Å². The zero-order chi connectivity index (χ0) is 9.31. The van der Waals surface area contributed by atoms with Crippen LogP contribution in [0.1, 0.15) is 12.2 Å². The molecule has 1 fully saturated rings. The number of halogens is 2. The highest BCUT2D eigenvalue weighted by Crippen LogP contribution is 2.27. The standard InChI is InChI=1S/C7H9F2N3O/c8-7(9)1-2-12(4-7)3-6-10-5-13-11-6/h5H,1-4H2. The van der Waals surface area contributed by atoms with E-state index in [1.807, 2.05) is 0 Å². The van der Waals surface area contributed by atoms with Gasteiger partial charge in [0.25, 0.3) is 5.92 Å². The Labute approximate surface area is 73.5 Å². The summed E-state index contributed by atoms with van der Waals surface area (Å²) < 4.78 is 29.9. The molecule has 1 aliphatic rings. The smallest absolute Gasteiger partial charge is 0.261 e. The summed E-state index contributed by atoms with van der Waals surface area (Å²) in [5.41, 5.74) is 0. The molecular formula is C7H9F2N3O. The molecule has 0 aromatic carbocycles. The van der Waals surface area contributed by atoms with Gasteiger partial charge in [0.05, 0.1) is 13.1 Å². The van der Waals surface area contributed by atoms with Gasteiger partial charge in [-0.2, -0.15) is 4.98 Å². The Bertz CT molecular complexity index is 275. The normalized spacial score (nSPS) is 22.3. The number of alkyl halides is 2. The highest BCUT2D eigenvalue weighted by molar-refractivity contribution is 4.86. The summed E-state index contributed by atoms with van der Waals surface area (Å²) in [5, 5.41) is 3.55. The van der Waals surface area contributed by atoms with Crippen LogP contribution < -0.4 is 0 Å². The molecule has 0 amide bonds. The molecule has 1 aromatic rings. The molecule has 6 heteroatoms. The van der Waals surface area contributed by atoms with Crippen LogP contribution in [0.25, 0.3) is 0 Å². The zero-order valence-corrected chi connectivity index (χ0v) is 6.91. The Hall–Kier alpha value is -1.04. The summed E-state index contributed by atoms with van der Waals surface area (Å²) in [5.74, 6) is -2.10. The fourth-order valence-corrected chi connectivity index (χ4v) is 1.40. The summed E-state index contributed by atoms with van der Waals surface area (Å²) >= 11 is 0. The molecule has 0 aliphatic carbocycles. The molecule has 72 valence electrons. The van der Waals surface area contributed by atoms with E-state index in [2.05, 4.69) is 14.7 Å². The maximum atomic E-state index is 12.7. The minimum atomic E-state index is -2.55. The van der Waals surface area contributed by atoms with Crippen molar-refractivity contribution in [3.05, 3.63) is 12.2 Å². The first-order valence-corrected chi connectivity index (χ1v) is 4.01. The molecular weight excluding hydrogens is 180 g/mol. The summed E-state index contributed by atoms with van der Waals surface area (Å²) in [6, 6.07) is 0. The summed E-state index contributed by atoms with van der Waals surface area (Å²) in [4.78, 5) is 5.38. The lowest BCUT2D eigenvalue weighted by Crippen LogP contribution is -2.25. The monoisotopic (exact) mass is 189 g/mol. The fourth-order valence-electron chi connectivity index (χ4n) is 1.40. The number of rotatable bonds is 2. The van der Waals surface area contributed by atoms with Crippen LogP contribution >= 0.6 is 0 Å². The molecule has 13 heavy (non-hydrogen) atoms. The molecule has 1 aromatic heterocycles. The van der Waals surface area contributed by atoms with Crippen molar-refractivity contribution in [3.63, 3.8) is 0 Å². The van der Waals surface area contributed by atoms with Crippen molar-refractivity contribution in [2.75, 3.05) is 13.1 Å². The molecule has 0 N–H and O–H groups in total. The second-order valence-electron chi connectivity index (χ2n) is 3.16. The number of hydrogen-bond acceptors (Lipinski definition) is 4. The van der Waals surface area contributed by atoms with Crippen LogP contribution in [0.3, 0.4) is 0 Å². The number of nitrogens with zero attached hydrogens (tertiary/aromatic N) is 3. The van der Waals surface area contributed by atoms with Gasteiger partial charge in [-0.3, -0.25) is 4.90 Å². The van der Waals surface area contributed by atoms with Gasteiger partial charge < -0.3 is 4.52 Å². The SMILES string of the molecule is FC1(F)CCN(Cc2ncon2)C1. The van der Waals surface area contributed by atoms with Crippen molar-refractivity contribution in [3.8, 4) is 0 Å². The van der Waals surface area contributed by atoms with Crippen LogP contribution in [0.15, 0.2) is 10.9 Å². The first-order chi connectivity index (χ1) is 6.16. The summed E-state index contributed by atoms with van der Waals surface area (Å²) in [7, 11) is 0. The van der Waals surface area contributed by atoms with Gasteiger partial charge in [0, 0.05) is 13.0 Å². The van der Waals surface area contributed by atoms with Crippen molar-refractivity contribution in [2.45, 2.75) is 18.9 Å². The van der Waals surface area contributed by atoms with E-state index in [4.69, 9.17) is 0 Å². The van der Waals surface area contributed by atoms with Crippen LogP contribution in [0.2, 0.25) is 0 Å². The number of aromatic nitrogens is 2. The third-order valence-corrected chi connectivity index (χ3v) is 2.02.